The highest BCUT2D eigenvalue weighted by molar-refractivity contribution is 9.10. The van der Waals surface area contributed by atoms with Crippen molar-refractivity contribution in [3.63, 3.8) is 0 Å². The summed E-state index contributed by atoms with van der Waals surface area (Å²) in [5.41, 5.74) is -0.431. The molecule has 0 saturated heterocycles. The topological polar surface area (TPSA) is 77.8 Å². The maximum Gasteiger partial charge on any atom is 0.337 e. The van der Waals surface area contributed by atoms with Crippen LogP contribution in [0.15, 0.2) is 10.5 Å². The minimum atomic E-state index is -1.95. The van der Waals surface area contributed by atoms with Crippen molar-refractivity contribution in [2.24, 2.45) is 0 Å². The van der Waals surface area contributed by atoms with Crippen LogP contribution in [0.1, 0.15) is 17.2 Å². The average Bonchev–Trinajstić information content (AvgIpc) is 2.15. The zero-order chi connectivity index (χ0) is 11.7. The number of phenols is 1. The molecule has 6 heteroatoms. The van der Waals surface area contributed by atoms with Crippen LogP contribution in [0.5, 0.6) is 5.75 Å². The fraction of sp³-hybridized carbons (Fsp3) is 0.222. The molecule has 0 aliphatic heterocycles. The van der Waals surface area contributed by atoms with Gasteiger partial charge in [0, 0.05) is 5.56 Å². The number of carboxylic acid groups (broad SMARTS) is 1. The molecule has 1 unspecified atom stereocenters. The van der Waals surface area contributed by atoms with Gasteiger partial charge in [-0.25, -0.2) is 9.18 Å². The number of phenolic OH excluding ortho intramolecular Hbond substituents is 1. The number of hydrogen-bond donors (Lipinski definition) is 3. The minimum absolute atomic E-state index is 0.000833. The largest absolute Gasteiger partial charge is 0.506 e. The molecule has 4 nitrogen and oxygen atoms in total. The van der Waals surface area contributed by atoms with Crippen molar-refractivity contribution in [3.05, 3.63) is 27.5 Å². The summed E-state index contributed by atoms with van der Waals surface area (Å²) < 4.78 is 13.2. The van der Waals surface area contributed by atoms with Crippen molar-refractivity contribution >= 4 is 21.9 Å². The molecule has 82 valence electrons. The highest BCUT2D eigenvalue weighted by atomic mass is 79.9. The second-order valence-electron chi connectivity index (χ2n) is 2.97. The second-order valence-corrected chi connectivity index (χ2v) is 3.82. The van der Waals surface area contributed by atoms with Gasteiger partial charge in [-0.05, 0) is 34.5 Å². The molecule has 0 aromatic heterocycles. The van der Waals surface area contributed by atoms with E-state index in [2.05, 4.69) is 15.9 Å². The molecular formula is C9H8BrFO4. The lowest BCUT2D eigenvalue weighted by Gasteiger charge is -2.13. The summed E-state index contributed by atoms with van der Waals surface area (Å²) in [6.45, 7) is 1.28. The van der Waals surface area contributed by atoms with E-state index in [0.29, 0.717) is 0 Å². The van der Waals surface area contributed by atoms with Gasteiger partial charge in [0.25, 0.3) is 0 Å². The number of benzene rings is 1. The van der Waals surface area contributed by atoms with Gasteiger partial charge in [-0.15, -0.1) is 0 Å². The highest BCUT2D eigenvalue weighted by Gasteiger charge is 2.25. The first kappa shape index (κ1) is 11.9. The monoisotopic (exact) mass is 278 g/mol. The summed E-state index contributed by atoms with van der Waals surface area (Å²) in [4.78, 5) is 10.5. The Bertz CT molecular complexity index is 393. The standard InChI is InChI=1S/C9H8BrFO4/c1-3-5(11)2-4(10)7(12)6(3)8(13)9(14)15/h2,8,12-13H,1H3,(H,14,15). The van der Waals surface area contributed by atoms with Crippen LogP contribution in [-0.2, 0) is 4.79 Å². The molecule has 1 aromatic rings. The molecule has 0 spiro atoms. The SMILES string of the molecule is Cc1c(F)cc(Br)c(O)c1C(O)C(=O)O. The van der Waals surface area contributed by atoms with Crippen molar-refractivity contribution in [1.29, 1.82) is 0 Å². The van der Waals surface area contributed by atoms with Crippen LogP contribution in [0.4, 0.5) is 4.39 Å². The van der Waals surface area contributed by atoms with Gasteiger partial charge in [-0.1, -0.05) is 0 Å². The normalized spacial score (nSPS) is 12.5. The Morgan fingerprint density at radius 3 is 2.60 bits per heavy atom. The van der Waals surface area contributed by atoms with Gasteiger partial charge in [0.15, 0.2) is 6.10 Å². The zero-order valence-electron chi connectivity index (χ0n) is 7.66. The van der Waals surface area contributed by atoms with Crippen LogP contribution in [-0.4, -0.2) is 21.3 Å². The third-order valence-electron chi connectivity index (χ3n) is 2.00. The fourth-order valence-electron chi connectivity index (χ4n) is 1.18. The molecule has 1 aromatic carbocycles. The fourth-order valence-corrected chi connectivity index (χ4v) is 1.60. The number of aliphatic carboxylic acids is 1. The van der Waals surface area contributed by atoms with Crippen LogP contribution in [0.3, 0.4) is 0 Å². The Morgan fingerprint density at radius 2 is 2.13 bits per heavy atom. The third kappa shape index (κ3) is 2.10. The third-order valence-corrected chi connectivity index (χ3v) is 2.61. The van der Waals surface area contributed by atoms with E-state index in [0.717, 1.165) is 6.07 Å². The highest BCUT2D eigenvalue weighted by Crippen LogP contribution is 2.36. The smallest absolute Gasteiger partial charge is 0.337 e. The molecule has 0 radical (unpaired) electrons. The Hall–Kier alpha value is -1.14. The summed E-state index contributed by atoms with van der Waals surface area (Å²) >= 11 is 2.85. The first-order chi connectivity index (χ1) is 6.86. The summed E-state index contributed by atoms with van der Waals surface area (Å²) in [5.74, 6) is -2.72. The van der Waals surface area contributed by atoms with Crippen molar-refractivity contribution < 1.29 is 24.5 Å². The van der Waals surface area contributed by atoms with Crippen molar-refractivity contribution in [2.45, 2.75) is 13.0 Å². The van der Waals surface area contributed by atoms with Gasteiger partial charge < -0.3 is 15.3 Å². The number of carbonyl (C=O) groups is 1. The predicted octanol–water partition coefficient (Wildman–Crippen LogP) is 1.72. The molecule has 15 heavy (non-hydrogen) atoms. The maximum absolute atomic E-state index is 13.2. The average molecular weight is 279 g/mol. The number of aliphatic hydroxyl groups excluding tert-OH is 1. The molecule has 1 rings (SSSR count). The molecule has 0 aliphatic rings. The van der Waals surface area contributed by atoms with E-state index in [4.69, 9.17) is 5.11 Å². The second kappa shape index (κ2) is 4.16. The van der Waals surface area contributed by atoms with Gasteiger partial charge in [-0.2, -0.15) is 0 Å². The Labute approximate surface area is 93.1 Å². The first-order valence-corrected chi connectivity index (χ1v) is 4.74. The number of aliphatic hydroxyl groups is 1. The summed E-state index contributed by atoms with van der Waals surface area (Å²) in [5, 5.41) is 27.3. The molecular weight excluding hydrogens is 271 g/mol. The van der Waals surface area contributed by atoms with Gasteiger partial charge in [-0.3, -0.25) is 0 Å². The Morgan fingerprint density at radius 1 is 1.60 bits per heavy atom. The Balaban J connectivity index is 3.45. The summed E-state index contributed by atoms with van der Waals surface area (Å²) in [7, 11) is 0. The number of halogens is 2. The molecule has 0 amide bonds. The van der Waals surface area contributed by atoms with Crippen LogP contribution in [0.2, 0.25) is 0 Å². The number of rotatable bonds is 2. The Kier molecular flexibility index (Phi) is 3.31. The van der Waals surface area contributed by atoms with Gasteiger partial charge >= 0.3 is 5.97 Å². The van der Waals surface area contributed by atoms with E-state index >= 15 is 0 Å². The maximum atomic E-state index is 13.2. The van der Waals surface area contributed by atoms with E-state index in [9.17, 15) is 19.4 Å². The number of carboxylic acids is 1. The van der Waals surface area contributed by atoms with Gasteiger partial charge in [0.1, 0.15) is 11.6 Å². The van der Waals surface area contributed by atoms with Crippen molar-refractivity contribution in [2.75, 3.05) is 0 Å². The van der Waals surface area contributed by atoms with Crippen molar-refractivity contribution in [1.82, 2.24) is 0 Å². The van der Waals surface area contributed by atoms with Crippen LogP contribution in [0.25, 0.3) is 0 Å². The van der Waals surface area contributed by atoms with E-state index in [-0.39, 0.29) is 15.6 Å². The lowest BCUT2D eigenvalue weighted by Crippen LogP contribution is -2.13. The zero-order valence-corrected chi connectivity index (χ0v) is 9.25. The summed E-state index contributed by atoms with van der Waals surface area (Å²) in [6.07, 6.45) is -1.95. The molecule has 1 atom stereocenters. The van der Waals surface area contributed by atoms with E-state index in [1.165, 1.54) is 6.92 Å². The first-order valence-electron chi connectivity index (χ1n) is 3.94. The molecule has 0 saturated carbocycles. The van der Waals surface area contributed by atoms with E-state index in [1.807, 2.05) is 0 Å². The molecule has 0 heterocycles. The predicted molar refractivity (Wildman–Crippen MR) is 53.1 cm³/mol. The van der Waals surface area contributed by atoms with Gasteiger partial charge in [0.05, 0.1) is 4.47 Å². The molecule has 0 aliphatic carbocycles. The van der Waals surface area contributed by atoms with Crippen LogP contribution < -0.4 is 0 Å². The lowest BCUT2D eigenvalue weighted by molar-refractivity contribution is -0.147. The number of aromatic hydroxyl groups is 1. The van der Waals surface area contributed by atoms with Gasteiger partial charge in [0.2, 0.25) is 0 Å². The van der Waals surface area contributed by atoms with Crippen LogP contribution in [0, 0.1) is 12.7 Å². The van der Waals surface area contributed by atoms with Crippen molar-refractivity contribution in [3.8, 4) is 5.75 Å². The van der Waals surface area contributed by atoms with E-state index in [1.54, 1.807) is 0 Å². The molecule has 0 fully saturated rings. The summed E-state index contributed by atoms with van der Waals surface area (Å²) in [6, 6.07) is 1.00. The minimum Gasteiger partial charge on any atom is -0.506 e. The molecule has 0 bridgehead atoms. The van der Waals surface area contributed by atoms with E-state index < -0.39 is 23.6 Å². The quantitative estimate of drug-likeness (QED) is 0.770. The van der Waals surface area contributed by atoms with Crippen LogP contribution >= 0.6 is 15.9 Å². The lowest BCUT2D eigenvalue weighted by atomic mass is 10.0. The number of hydrogen-bond acceptors (Lipinski definition) is 3. The molecule has 3 N–H and O–H groups in total.